The van der Waals surface area contributed by atoms with Gasteiger partial charge in [-0.2, -0.15) is 0 Å². The second-order valence-electron chi connectivity index (χ2n) is 4.64. The first-order chi connectivity index (χ1) is 6.76. The lowest BCUT2D eigenvalue weighted by Crippen LogP contribution is -2.43. The normalized spacial score (nSPS) is 32.6. The van der Waals surface area contributed by atoms with Gasteiger partial charge >= 0.3 is 0 Å². The minimum absolute atomic E-state index is 0.0119. The number of hydrogen-bond acceptors (Lipinski definition) is 3. The van der Waals surface area contributed by atoms with Gasteiger partial charge in [0, 0.05) is 26.1 Å². The summed E-state index contributed by atoms with van der Waals surface area (Å²) in [5, 5.41) is 10.0. The zero-order chi connectivity index (χ0) is 10.0. The Hall–Kier alpha value is -0.120. The van der Waals surface area contributed by atoms with E-state index >= 15 is 0 Å². The summed E-state index contributed by atoms with van der Waals surface area (Å²) < 4.78 is 10.8. The van der Waals surface area contributed by atoms with Gasteiger partial charge in [-0.05, 0) is 25.7 Å². The smallest absolute Gasteiger partial charge is 0.0703 e. The Balaban J connectivity index is 1.83. The summed E-state index contributed by atoms with van der Waals surface area (Å²) in [6, 6.07) is 0. The van der Waals surface area contributed by atoms with Crippen LogP contribution in [-0.2, 0) is 9.47 Å². The summed E-state index contributed by atoms with van der Waals surface area (Å²) in [5.74, 6) is 0.336. The average Bonchev–Trinajstić information content (AvgIpc) is 2.63. The number of hydrogen-bond donors (Lipinski definition) is 1. The van der Waals surface area contributed by atoms with Gasteiger partial charge in [0.2, 0.25) is 0 Å². The maximum Gasteiger partial charge on any atom is 0.0703 e. The number of rotatable bonds is 4. The van der Waals surface area contributed by atoms with E-state index in [2.05, 4.69) is 0 Å². The van der Waals surface area contributed by atoms with E-state index in [9.17, 15) is 5.11 Å². The maximum absolute atomic E-state index is 10.0. The highest BCUT2D eigenvalue weighted by Gasteiger charge is 2.40. The van der Waals surface area contributed by atoms with Crippen molar-refractivity contribution in [3.05, 3.63) is 0 Å². The van der Waals surface area contributed by atoms with Gasteiger partial charge in [0.05, 0.1) is 18.3 Å². The van der Waals surface area contributed by atoms with Crippen LogP contribution in [0.4, 0.5) is 0 Å². The molecule has 82 valence electrons. The van der Waals surface area contributed by atoms with Gasteiger partial charge in [0.25, 0.3) is 0 Å². The fourth-order valence-corrected chi connectivity index (χ4v) is 2.47. The fourth-order valence-electron chi connectivity index (χ4n) is 2.47. The van der Waals surface area contributed by atoms with Crippen molar-refractivity contribution in [2.45, 2.75) is 43.8 Å². The van der Waals surface area contributed by atoms with Crippen molar-refractivity contribution in [3.8, 4) is 0 Å². The summed E-state index contributed by atoms with van der Waals surface area (Å²) in [4.78, 5) is 0. The van der Waals surface area contributed by atoms with Crippen LogP contribution in [0.3, 0.4) is 0 Å². The Morgan fingerprint density at radius 3 is 2.79 bits per heavy atom. The number of aliphatic hydroxyl groups excluding tert-OH is 1. The van der Waals surface area contributed by atoms with Crippen LogP contribution in [0.15, 0.2) is 0 Å². The first kappa shape index (κ1) is 10.4. The molecule has 0 aromatic carbocycles. The predicted octanol–water partition coefficient (Wildman–Crippen LogP) is 1.34. The van der Waals surface area contributed by atoms with Crippen molar-refractivity contribution >= 4 is 0 Å². The lowest BCUT2D eigenvalue weighted by molar-refractivity contribution is -0.107. The lowest BCUT2D eigenvalue weighted by atomic mass is 9.74. The minimum Gasteiger partial charge on any atom is -0.393 e. The van der Waals surface area contributed by atoms with Crippen LogP contribution in [0, 0.1) is 5.92 Å². The van der Waals surface area contributed by atoms with Crippen molar-refractivity contribution in [2.24, 2.45) is 5.92 Å². The molecule has 0 spiro atoms. The van der Waals surface area contributed by atoms with E-state index in [1.807, 2.05) is 0 Å². The number of aliphatic hydroxyl groups is 1. The predicted molar refractivity (Wildman–Crippen MR) is 53.1 cm³/mol. The largest absolute Gasteiger partial charge is 0.393 e. The molecular weight excluding hydrogens is 180 g/mol. The van der Waals surface area contributed by atoms with E-state index in [0.717, 1.165) is 38.9 Å². The van der Waals surface area contributed by atoms with Crippen LogP contribution < -0.4 is 0 Å². The Labute approximate surface area is 85.4 Å². The molecule has 0 amide bonds. The maximum atomic E-state index is 10.0. The monoisotopic (exact) mass is 200 g/mol. The van der Waals surface area contributed by atoms with Gasteiger partial charge in [-0.3, -0.25) is 0 Å². The summed E-state index contributed by atoms with van der Waals surface area (Å²) in [7, 11) is 1.76. The molecule has 0 bridgehead atoms. The molecule has 2 fully saturated rings. The standard InChI is InChI=1S/C11H20O3/c1-13-11(4-2-5-11)7-10(12)9-3-6-14-8-9/h9-10,12H,2-8H2,1H3. The zero-order valence-electron chi connectivity index (χ0n) is 8.87. The molecule has 14 heavy (non-hydrogen) atoms. The molecule has 1 heterocycles. The summed E-state index contributed by atoms with van der Waals surface area (Å²) in [6.07, 6.45) is 5.00. The molecule has 1 saturated heterocycles. The molecular formula is C11H20O3. The molecule has 2 rings (SSSR count). The first-order valence-electron chi connectivity index (χ1n) is 5.57. The van der Waals surface area contributed by atoms with E-state index in [0.29, 0.717) is 5.92 Å². The molecule has 2 unspecified atom stereocenters. The molecule has 1 aliphatic carbocycles. The Bertz CT molecular complexity index is 177. The summed E-state index contributed by atoms with van der Waals surface area (Å²) in [5.41, 5.74) is -0.0119. The Kier molecular flexibility index (Phi) is 3.10. The zero-order valence-corrected chi connectivity index (χ0v) is 8.87. The van der Waals surface area contributed by atoms with Gasteiger partial charge in [-0.15, -0.1) is 0 Å². The fraction of sp³-hybridized carbons (Fsp3) is 1.00. The SMILES string of the molecule is COC1(CC(O)C2CCOC2)CCC1. The van der Waals surface area contributed by atoms with E-state index in [4.69, 9.17) is 9.47 Å². The third kappa shape index (κ3) is 1.95. The topological polar surface area (TPSA) is 38.7 Å². The summed E-state index contributed by atoms with van der Waals surface area (Å²) >= 11 is 0. The van der Waals surface area contributed by atoms with Crippen molar-refractivity contribution < 1.29 is 14.6 Å². The second kappa shape index (κ2) is 4.17. The minimum atomic E-state index is -0.238. The van der Waals surface area contributed by atoms with Crippen LogP contribution in [0.2, 0.25) is 0 Å². The van der Waals surface area contributed by atoms with Crippen LogP contribution in [0.5, 0.6) is 0 Å². The highest BCUT2D eigenvalue weighted by molar-refractivity contribution is 4.93. The van der Waals surface area contributed by atoms with E-state index < -0.39 is 0 Å². The van der Waals surface area contributed by atoms with Crippen LogP contribution in [0.1, 0.15) is 32.1 Å². The molecule has 2 atom stereocenters. The van der Waals surface area contributed by atoms with E-state index in [-0.39, 0.29) is 11.7 Å². The Morgan fingerprint density at radius 1 is 1.57 bits per heavy atom. The van der Waals surface area contributed by atoms with E-state index in [1.165, 1.54) is 6.42 Å². The Morgan fingerprint density at radius 2 is 2.36 bits per heavy atom. The number of ether oxygens (including phenoxy) is 2. The summed E-state index contributed by atoms with van der Waals surface area (Å²) in [6.45, 7) is 1.53. The number of methoxy groups -OCH3 is 1. The molecule has 1 saturated carbocycles. The third-order valence-corrected chi connectivity index (χ3v) is 3.79. The van der Waals surface area contributed by atoms with E-state index in [1.54, 1.807) is 7.11 Å². The first-order valence-corrected chi connectivity index (χ1v) is 5.57. The van der Waals surface area contributed by atoms with Crippen LogP contribution in [0.25, 0.3) is 0 Å². The molecule has 1 aliphatic heterocycles. The molecule has 3 nitrogen and oxygen atoms in total. The van der Waals surface area contributed by atoms with Crippen molar-refractivity contribution in [1.82, 2.24) is 0 Å². The van der Waals surface area contributed by atoms with Crippen LogP contribution >= 0.6 is 0 Å². The van der Waals surface area contributed by atoms with Gasteiger partial charge in [-0.1, -0.05) is 0 Å². The molecule has 0 radical (unpaired) electrons. The highest BCUT2D eigenvalue weighted by Crippen LogP contribution is 2.40. The quantitative estimate of drug-likeness (QED) is 0.744. The van der Waals surface area contributed by atoms with Crippen LogP contribution in [-0.4, -0.2) is 37.1 Å². The second-order valence-corrected chi connectivity index (χ2v) is 4.64. The molecule has 2 aliphatic rings. The highest BCUT2D eigenvalue weighted by atomic mass is 16.5. The molecule has 0 aromatic heterocycles. The molecule has 1 N–H and O–H groups in total. The van der Waals surface area contributed by atoms with Gasteiger partial charge in [0.15, 0.2) is 0 Å². The van der Waals surface area contributed by atoms with Crippen molar-refractivity contribution in [2.75, 3.05) is 20.3 Å². The molecule has 0 aromatic rings. The molecule has 3 heteroatoms. The van der Waals surface area contributed by atoms with Gasteiger partial charge in [0.1, 0.15) is 0 Å². The third-order valence-electron chi connectivity index (χ3n) is 3.79. The average molecular weight is 200 g/mol. The lowest BCUT2D eigenvalue weighted by Gasteiger charge is -2.42. The van der Waals surface area contributed by atoms with Crippen molar-refractivity contribution in [1.29, 1.82) is 0 Å². The van der Waals surface area contributed by atoms with Gasteiger partial charge < -0.3 is 14.6 Å². The van der Waals surface area contributed by atoms with Crippen molar-refractivity contribution in [3.63, 3.8) is 0 Å². The van der Waals surface area contributed by atoms with Gasteiger partial charge in [-0.25, -0.2) is 0 Å².